The van der Waals surface area contributed by atoms with Gasteiger partial charge in [-0.05, 0) is 47.3 Å². The van der Waals surface area contributed by atoms with Crippen LogP contribution in [0.25, 0.3) is 0 Å². The lowest BCUT2D eigenvalue weighted by atomic mass is 10.0. The van der Waals surface area contributed by atoms with Crippen molar-refractivity contribution in [3.63, 3.8) is 0 Å². The number of halogens is 1. The van der Waals surface area contributed by atoms with Crippen molar-refractivity contribution in [3.05, 3.63) is 22.3 Å². The minimum absolute atomic E-state index is 0.518. The standard InChI is InChI=1S/C13H19BrN2O/c1-10-7-11(14)8-15-12(10)16(2)9-13(17)5-3-4-6-13/h7-8,17H,3-6,9H2,1-2H3. The van der Waals surface area contributed by atoms with Crippen molar-refractivity contribution in [3.8, 4) is 0 Å². The van der Waals surface area contributed by atoms with Crippen LogP contribution >= 0.6 is 15.9 Å². The van der Waals surface area contributed by atoms with Gasteiger partial charge in [0.25, 0.3) is 0 Å². The fourth-order valence-electron chi connectivity index (χ4n) is 2.64. The number of anilines is 1. The second kappa shape index (κ2) is 4.94. The van der Waals surface area contributed by atoms with Crippen molar-refractivity contribution in [2.24, 2.45) is 0 Å². The molecule has 17 heavy (non-hydrogen) atoms. The molecule has 0 unspecified atom stereocenters. The molecule has 0 aromatic carbocycles. The second-order valence-corrected chi connectivity index (χ2v) is 6.00. The van der Waals surface area contributed by atoms with Gasteiger partial charge in [0.1, 0.15) is 5.82 Å². The molecule has 1 N–H and O–H groups in total. The van der Waals surface area contributed by atoms with Gasteiger partial charge in [0.2, 0.25) is 0 Å². The minimum atomic E-state index is -0.518. The van der Waals surface area contributed by atoms with E-state index in [1.54, 1.807) is 6.20 Å². The monoisotopic (exact) mass is 298 g/mol. The summed E-state index contributed by atoms with van der Waals surface area (Å²) in [7, 11) is 2.00. The van der Waals surface area contributed by atoms with Gasteiger partial charge in [-0.2, -0.15) is 0 Å². The quantitative estimate of drug-likeness (QED) is 0.932. The molecule has 0 radical (unpaired) electrons. The van der Waals surface area contributed by atoms with E-state index in [2.05, 4.69) is 31.9 Å². The Morgan fingerprint density at radius 3 is 2.71 bits per heavy atom. The first-order valence-corrected chi connectivity index (χ1v) is 6.85. The van der Waals surface area contributed by atoms with Crippen LogP contribution < -0.4 is 4.90 Å². The van der Waals surface area contributed by atoms with Gasteiger partial charge in [-0.25, -0.2) is 4.98 Å². The van der Waals surface area contributed by atoms with E-state index < -0.39 is 5.60 Å². The van der Waals surface area contributed by atoms with Gasteiger partial charge in [0.15, 0.2) is 0 Å². The summed E-state index contributed by atoms with van der Waals surface area (Å²) < 4.78 is 0.992. The normalized spacial score (nSPS) is 18.4. The van der Waals surface area contributed by atoms with E-state index >= 15 is 0 Å². The van der Waals surface area contributed by atoms with Gasteiger partial charge in [-0.1, -0.05) is 12.8 Å². The fraction of sp³-hybridized carbons (Fsp3) is 0.615. The van der Waals surface area contributed by atoms with Crippen molar-refractivity contribution >= 4 is 21.7 Å². The summed E-state index contributed by atoms with van der Waals surface area (Å²) in [6.07, 6.45) is 5.89. The molecule has 1 aliphatic carbocycles. The summed E-state index contributed by atoms with van der Waals surface area (Å²) in [4.78, 5) is 6.48. The molecule has 1 aromatic heterocycles. The van der Waals surface area contributed by atoms with E-state index in [0.717, 1.165) is 41.5 Å². The minimum Gasteiger partial charge on any atom is -0.388 e. The number of rotatable bonds is 3. The number of likely N-dealkylation sites (N-methyl/N-ethyl adjacent to an activating group) is 1. The predicted octanol–water partition coefficient (Wildman–Crippen LogP) is 2.89. The van der Waals surface area contributed by atoms with E-state index in [9.17, 15) is 5.11 Å². The molecule has 1 saturated carbocycles. The lowest BCUT2D eigenvalue weighted by Crippen LogP contribution is -2.39. The lowest BCUT2D eigenvalue weighted by Gasteiger charge is -2.30. The SMILES string of the molecule is Cc1cc(Br)cnc1N(C)CC1(O)CCCC1. The Hall–Kier alpha value is -0.610. The molecule has 0 bridgehead atoms. The topological polar surface area (TPSA) is 36.4 Å². The molecule has 2 rings (SSSR count). The Labute approximate surface area is 111 Å². The second-order valence-electron chi connectivity index (χ2n) is 5.08. The Morgan fingerprint density at radius 2 is 2.12 bits per heavy atom. The molecule has 3 nitrogen and oxygen atoms in total. The van der Waals surface area contributed by atoms with E-state index in [4.69, 9.17) is 0 Å². The molecule has 0 amide bonds. The zero-order chi connectivity index (χ0) is 12.5. The van der Waals surface area contributed by atoms with Crippen LogP contribution in [0, 0.1) is 6.92 Å². The number of hydrogen-bond donors (Lipinski definition) is 1. The maximum Gasteiger partial charge on any atom is 0.131 e. The average Bonchev–Trinajstić information content (AvgIpc) is 2.64. The van der Waals surface area contributed by atoms with Gasteiger partial charge >= 0.3 is 0 Å². The largest absolute Gasteiger partial charge is 0.388 e. The van der Waals surface area contributed by atoms with Gasteiger partial charge in [-0.3, -0.25) is 0 Å². The van der Waals surface area contributed by atoms with E-state index in [1.165, 1.54) is 0 Å². The highest BCUT2D eigenvalue weighted by Crippen LogP contribution is 2.31. The Balaban J connectivity index is 2.11. The van der Waals surface area contributed by atoms with E-state index in [-0.39, 0.29) is 0 Å². The number of hydrogen-bond acceptors (Lipinski definition) is 3. The Kier molecular flexibility index (Phi) is 3.73. The molecular formula is C13H19BrN2O. The molecule has 1 aliphatic rings. The van der Waals surface area contributed by atoms with E-state index in [0.29, 0.717) is 6.54 Å². The zero-order valence-corrected chi connectivity index (χ0v) is 12.0. The van der Waals surface area contributed by atoms with Gasteiger partial charge < -0.3 is 10.0 Å². The van der Waals surface area contributed by atoms with Crippen LogP contribution in [0.2, 0.25) is 0 Å². The summed E-state index contributed by atoms with van der Waals surface area (Å²) in [5.41, 5.74) is 0.610. The highest BCUT2D eigenvalue weighted by atomic mass is 79.9. The molecule has 1 fully saturated rings. The maximum absolute atomic E-state index is 10.4. The van der Waals surface area contributed by atoms with Crippen LogP contribution in [0.1, 0.15) is 31.2 Å². The average molecular weight is 299 g/mol. The summed E-state index contributed by atoms with van der Waals surface area (Å²) >= 11 is 3.41. The molecule has 94 valence electrons. The van der Waals surface area contributed by atoms with Crippen molar-refractivity contribution in [1.29, 1.82) is 0 Å². The van der Waals surface area contributed by atoms with Crippen LogP contribution in [-0.2, 0) is 0 Å². The van der Waals surface area contributed by atoms with Crippen LogP contribution in [-0.4, -0.2) is 29.3 Å². The number of aryl methyl sites for hydroxylation is 1. The Morgan fingerprint density at radius 1 is 1.47 bits per heavy atom. The first kappa shape index (κ1) is 12.8. The zero-order valence-electron chi connectivity index (χ0n) is 10.4. The maximum atomic E-state index is 10.4. The van der Waals surface area contributed by atoms with Crippen LogP contribution in [0.5, 0.6) is 0 Å². The predicted molar refractivity (Wildman–Crippen MR) is 73.4 cm³/mol. The molecule has 0 saturated heterocycles. The number of nitrogens with zero attached hydrogens (tertiary/aromatic N) is 2. The number of aliphatic hydroxyl groups is 1. The van der Waals surface area contributed by atoms with Crippen molar-refractivity contribution in [2.45, 2.75) is 38.2 Å². The van der Waals surface area contributed by atoms with Gasteiger partial charge in [0.05, 0.1) is 5.60 Å². The fourth-order valence-corrected chi connectivity index (χ4v) is 3.09. The van der Waals surface area contributed by atoms with Crippen molar-refractivity contribution in [1.82, 2.24) is 4.98 Å². The van der Waals surface area contributed by atoms with Crippen LogP contribution in [0.4, 0.5) is 5.82 Å². The molecule has 1 aromatic rings. The Bertz CT molecular complexity index is 402. The highest BCUT2D eigenvalue weighted by Gasteiger charge is 2.32. The molecule has 4 heteroatoms. The first-order valence-electron chi connectivity index (χ1n) is 6.06. The van der Waals surface area contributed by atoms with Crippen LogP contribution in [0.15, 0.2) is 16.7 Å². The summed E-state index contributed by atoms with van der Waals surface area (Å²) in [5.74, 6) is 0.952. The van der Waals surface area contributed by atoms with E-state index in [1.807, 2.05) is 14.0 Å². The van der Waals surface area contributed by atoms with Crippen LogP contribution in [0.3, 0.4) is 0 Å². The lowest BCUT2D eigenvalue weighted by molar-refractivity contribution is 0.0558. The number of pyridine rings is 1. The third kappa shape index (κ3) is 2.99. The summed E-state index contributed by atoms with van der Waals surface area (Å²) in [6, 6.07) is 2.05. The molecule has 1 heterocycles. The summed E-state index contributed by atoms with van der Waals surface area (Å²) in [6.45, 7) is 2.71. The third-order valence-electron chi connectivity index (χ3n) is 3.44. The molecule has 0 atom stereocenters. The van der Waals surface area contributed by atoms with Crippen molar-refractivity contribution < 1.29 is 5.11 Å². The summed E-state index contributed by atoms with van der Waals surface area (Å²) in [5, 5.41) is 10.4. The third-order valence-corrected chi connectivity index (χ3v) is 3.88. The smallest absolute Gasteiger partial charge is 0.131 e. The van der Waals surface area contributed by atoms with Gasteiger partial charge in [-0.15, -0.1) is 0 Å². The van der Waals surface area contributed by atoms with Gasteiger partial charge in [0, 0.05) is 24.3 Å². The van der Waals surface area contributed by atoms with Crippen molar-refractivity contribution in [2.75, 3.05) is 18.5 Å². The first-order chi connectivity index (χ1) is 8.00. The number of aromatic nitrogens is 1. The molecular weight excluding hydrogens is 280 g/mol. The molecule has 0 spiro atoms. The highest BCUT2D eigenvalue weighted by molar-refractivity contribution is 9.10. The molecule has 0 aliphatic heterocycles.